The first-order chi connectivity index (χ1) is 8.17. The van der Waals surface area contributed by atoms with E-state index in [1.807, 2.05) is 0 Å². The van der Waals surface area contributed by atoms with E-state index in [1.165, 1.54) is 16.9 Å². The van der Waals surface area contributed by atoms with Gasteiger partial charge in [-0.2, -0.15) is 0 Å². The molecule has 0 spiro atoms. The van der Waals surface area contributed by atoms with Crippen LogP contribution in [0.3, 0.4) is 0 Å². The smallest absolute Gasteiger partial charge is 0.0658 e. The fourth-order valence-corrected chi connectivity index (χ4v) is 2.59. The van der Waals surface area contributed by atoms with Gasteiger partial charge >= 0.3 is 0 Å². The lowest BCUT2D eigenvalue weighted by Crippen LogP contribution is -2.22. The van der Waals surface area contributed by atoms with Crippen molar-refractivity contribution in [1.82, 2.24) is 5.32 Å². The number of thioether (sulfide) groups is 1. The maximum absolute atomic E-state index is 4.09. The van der Waals surface area contributed by atoms with Crippen molar-refractivity contribution in [2.24, 2.45) is 0 Å². The van der Waals surface area contributed by atoms with Gasteiger partial charge in [-0.15, -0.1) is 0 Å². The molecule has 0 aromatic heterocycles. The number of rotatable bonds is 7. The predicted octanol–water partition coefficient (Wildman–Crippen LogP) is 4.59. The molecule has 0 heterocycles. The van der Waals surface area contributed by atoms with Crippen molar-refractivity contribution in [2.75, 3.05) is 0 Å². The predicted molar refractivity (Wildman–Crippen MR) is 78.3 cm³/mol. The molecule has 1 aromatic rings. The number of nitrogens with one attached hydrogen (secondary N) is 1. The van der Waals surface area contributed by atoms with E-state index in [0.717, 1.165) is 17.9 Å². The van der Waals surface area contributed by atoms with Gasteiger partial charge in [-0.25, -0.2) is 0 Å². The minimum Gasteiger partial charge on any atom is -0.378 e. The Balaban J connectivity index is 2.64. The number of benzene rings is 1. The Morgan fingerprint density at radius 3 is 2.71 bits per heavy atom. The van der Waals surface area contributed by atoms with Gasteiger partial charge < -0.3 is 5.32 Å². The van der Waals surface area contributed by atoms with E-state index in [0.29, 0.717) is 6.04 Å². The number of aryl methyl sites for hydroxylation is 1. The molecular formula is C15H23NS. The summed E-state index contributed by atoms with van der Waals surface area (Å²) in [4.78, 5) is 1.33. The van der Waals surface area contributed by atoms with Crippen LogP contribution in [-0.2, 0) is 6.42 Å². The molecule has 1 unspecified atom stereocenters. The second-order valence-corrected chi connectivity index (χ2v) is 5.47. The Morgan fingerprint density at radius 1 is 1.35 bits per heavy atom. The van der Waals surface area contributed by atoms with E-state index in [-0.39, 0.29) is 0 Å². The summed E-state index contributed by atoms with van der Waals surface area (Å²) >= 11 is 1.75. The van der Waals surface area contributed by atoms with Crippen LogP contribution >= 0.6 is 11.8 Å². The van der Waals surface area contributed by atoms with E-state index >= 15 is 0 Å². The average molecular weight is 249 g/mol. The van der Waals surface area contributed by atoms with Crippen molar-refractivity contribution in [3.05, 3.63) is 41.4 Å². The fourth-order valence-electron chi connectivity index (χ4n) is 1.62. The fraction of sp³-hybridized carbons (Fsp3) is 0.467. The molecule has 0 radical (unpaired) electrons. The zero-order valence-corrected chi connectivity index (χ0v) is 11.9. The van der Waals surface area contributed by atoms with Crippen LogP contribution in [0.5, 0.6) is 0 Å². The first-order valence-electron chi connectivity index (χ1n) is 6.38. The molecule has 0 bridgehead atoms. The maximum atomic E-state index is 4.09. The Morgan fingerprint density at radius 2 is 2.06 bits per heavy atom. The lowest BCUT2D eigenvalue weighted by atomic mass is 10.1. The summed E-state index contributed by atoms with van der Waals surface area (Å²) in [5.41, 5.74) is 1.42. The average Bonchev–Trinajstić information content (AvgIpc) is 2.31. The molecule has 1 nitrogen and oxygen atoms in total. The lowest BCUT2D eigenvalue weighted by molar-refractivity contribution is 0.614. The van der Waals surface area contributed by atoms with Crippen molar-refractivity contribution >= 4 is 11.8 Å². The molecule has 2 heteroatoms. The maximum Gasteiger partial charge on any atom is 0.0658 e. The summed E-state index contributed by atoms with van der Waals surface area (Å²) in [6.45, 7) is 10.7. The van der Waals surface area contributed by atoms with Crippen molar-refractivity contribution in [3.8, 4) is 0 Å². The second-order valence-electron chi connectivity index (χ2n) is 4.34. The van der Waals surface area contributed by atoms with Crippen molar-refractivity contribution < 1.29 is 0 Å². The van der Waals surface area contributed by atoms with Gasteiger partial charge in [-0.3, -0.25) is 0 Å². The van der Waals surface area contributed by atoms with Crippen LogP contribution in [-0.4, -0.2) is 6.04 Å². The summed E-state index contributed by atoms with van der Waals surface area (Å²) in [6, 6.07) is 9.09. The molecule has 1 aromatic carbocycles. The molecule has 1 atom stereocenters. The number of hydrogen-bond donors (Lipinski definition) is 1. The first-order valence-corrected chi connectivity index (χ1v) is 7.20. The summed E-state index contributed by atoms with van der Waals surface area (Å²) in [7, 11) is 0. The minimum atomic E-state index is 0.494. The third kappa shape index (κ3) is 4.86. The van der Waals surface area contributed by atoms with Crippen LogP contribution in [0.1, 0.15) is 39.2 Å². The topological polar surface area (TPSA) is 12.0 Å². The molecule has 0 saturated carbocycles. The molecule has 1 N–H and O–H groups in total. The first kappa shape index (κ1) is 14.2. The van der Waals surface area contributed by atoms with Gasteiger partial charge in [-0.05, 0) is 31.4 Å². The van der Waals surface area contributed by atoms with Crippen LogP contribution in [0, 0.1) is 0 Å². The van der Waals surface area contributed by atoms with Gasteiger partial charge in [0.2, 0.25) is 0 Å². The van der Waals surface area contributed by atoms with E-state index in [4.69, 9.17) is 0 Å². The van der Waals surface area contributed by atoms with Gasteiger partial charge in [0.05, 0.1) is 5.03 Å². The second kappa shape index (κ2) is 7.44. The van der Waals surface area contributed by atoms with E-state index in [9.17, 15) is 0 Å². The van der Waals surface area contributed by atoms with Gasteiger partial charge in [-0.1, -0.05) is 56.8 Å². The molecule has 17 heavy (non-hydrogen) atoms. The Kier molecular flexibility index (Phi) is 6.20. The third-order valence-electron chi connectivity index (χ3n) is 2.74. The van der Waals surface area contributed by atoms with Crippen LogP contribution in [0.4, 0.5) is 0 Å². The Labute approximate surface area is 110 Å². The van der Waals surface area contributed by atoms with Crippen LogP contribution in [0.2, 0.25) is 0 Å². The minimum absolute atomic E-state index is 0.494. The standard InChI is InChI=1S/C15H23NS/c1-5-9-14-10-7-8-11-15(14)17-13(4)16-12(3)6-2/h7-8,10-12,16H,4-6,9H2,1-3H3. The zero-order valence-electron chi connectivity index (χ0n) is 11.1. The molecule has 0 saturated heterocycles. The highest BCUT2D eigenvalue weighted by Crippen LogP contribution is 2.28. The van der Waals surface area contributed by atoms with Crippen LogP contribution in [0.25, 0.3) is 0 Å². The summed E-state index contributed by atoms with van der Waals surface area (Å²) in [5.74, 6) is 0. The molecule has 0 aliphatic rings. The SMILES string of the molecule is C=C(NC(C)CC)Sc1ccccc1CCC. The molecule has 1 rings (SSSR count). The molecule has 0 amide bonds. The van der Waals surface area contributed by atoms with E-state index in [1.54, 1.807) is 11.8 Å². The van der Waals surface area contributed by atoms with Crippen molar-refractivity contribution in [2.45, 2.75) is 51.0 Å². The third-order valence-corrected chi connectivity index (χ3v) is 3.73. The summed E-state index contributed by atoms with van der Waals surface area (Å²) in [5, 5.41) is 4.46. The normalized spacial score (nSPS) is 12.2. The molecule has 94 valence electrons. The molecule has 0 aliphatic heterocycles. The monoisotopic (exact) mass is 249 g/mol. The van der Waals surface area contributed by atoms with Gasteiger partial charge in [0, 0.05) is 10.9 Å². The highest BCUT2D eigenvalue weighted by Gasteiger charge is 2.05. The van der Waals surface area contributed by atoms with Gasteiger partial charge in [0.15, 0.2) is 0 Å². The van der Waals surface area contributed by atoms with Crippen LogP contribution < -0.4 is 5.32 Å². The number of hydrogen-bond acceptors (Lipinski definition) is 2. The van der Waals surface area contributed by atoms with E-state index in [2.05, 4.69) is 56.9 Å². The largest absolute Gasteiger partial charge is 0.378 e. The van der Waals surface area contributed by atoms with Crippen molar-refractivity contribution in [3.63, 3.8) is 0 Å². The zero-order chi connectivity index (χ0) is 12.7. The highest BCUT2D eigenvalue weighted by atomic mass is 32.2. The van der Waals surface area contributed by atoms with Gasteiger partial charge in [0.1, 0.15) is 0 Å². The highest BCUT2D eigenvalue weighted by molar-refractivity contribution is 8.03. The molecule has 0 aliphatic carbocycles. The van der Waals surface area contributed by atoms with E-state index < -0.39 is 0 Å². The quantitative estimate of drug-likeness (QED) is 0.709. The van der Waals surface area contributed by atoms with Crippen LogP contribution in [0.15, 0.2) is 40.8 Å². The Bertz CT molecular complexity index is 360. The molecule has 0 fully saturated rings. The summed E-state index contributed by atoms with van der Waals surface area (Å²) < 4.78 is 0. The molecular weight excluding hydrogens is 226 g/mol. The lowest BCUT2D eigenvalue weighted by Gasteiger charge is -2.16. The Hall–Kier alpha value is -0.890. The van der Waals surface area contributed by atoms with Crippen molar-refractivity contribution in [1.29, 1.82) is 0 Å². The summed E-state index contributed by atoms with van der Waals surface area (Å²) in [6.07, 6.45) is 3.44. The van der Waals surface area contributed by atoms with Gasteiger partial charge in [0.25, 0.3) is 0 Å².